The van der Waals surface area contributed by atoms with Gasteiger partial charge in [0.1, 0.15) is 0 Å². The van der Waals surface area contributed by atoms with Crippen molar-refractivity contribution in [3.05, 3.63) is 29.8 Å². The van der Waals surface area contributed by atoms with Gasteiger partial charge >= 0.3 is 0 Å². The van der Waals surface area contributed by atoms with Gasteiger partial charge in [0.05, 0.1) is 5.69 Å². The van der Waals surface area contributed by atoms with Crippen molar-refractivity contribution in [2.24, 2.45) is 11.3 Å². The Labute approximate surface area is 96.1 Å². The molecule has 0 aliphatic heterocycles. The van der Waals surface area contributed by atoms with Crippen LogP contribution in [-0.4, -0.2) is 5.91 Å². The van der Waals surface area contributed by atoms with Crippen molar-refractivity contribution in [1.82, 2.24) is 0 Å². The Morgan fingerprint density at radius 2 is 2.12 bits per heavy atom. The van der Waals surface area contributed by atoms with E-state index in [4.69, 9.17) is 6.42 Å². The molecule has 0 heterocycles. The standard InChI is InChI=1S/C14H15NO/c1-4-10-7-5-6-8-12(10)15-13(16)11-9-14(11,2)3/h1,5-8,11H,9H2,2-3H3,(H,15,16)/t11-/m1/s1. The molecule has 1 aliphatic carbocycles. The van der Waals surface area contributed by atoms with Gasteiger partial charge in [-0.15, -0.1) is 6.42 Å². The van der Waals surface area contributed by atoms with Gasteiger partial charge in [-0.3, -0.25) is 4.79 Å². The first-order chi connectivity index (χ1) is 7.54. The second-order valence-electron chi connectivity index (χ2n) is 4.92. The van der Waals surface area contributed by atoms with E-state index in [0.717, 1.165) is 17.7 Å². The van der Waals surface area contributed by atoms with Crippen molar-refractivity contribution >= 4 is 11.6 Å². The van der Waals surface area contributed by atoms with Gasteiger partial charge in [0.2, 0.25) is 5.91 Å². The highest BCUT2D eigenvalue weighted by Gasteiger charge is 2.50. The van der Waals surface area contributed by atoms with Crippen molar-refractivity contribution in [3.8, 4) is 12.3 Å². The van der Waals surface area contributed by atoms with E-state index in [-0.39, 0.29) is 17.2 Å². The third-order valence-corrected chi connectivity index (χ3v) is 3.17. The van der Waals surface area contributed by atoms with Crippen molar-refractivity contribution < 1.29 is 4.79 Å². The molecule has 82 valence electrons. The second kappa shape index (κ2) is 3.68. The van der Waals surface area contributed by atoms with Gasteiger partial charge in [0.25, 0.3) is 0 Å². The Morgan fingerprint density at radius 1 is 1.50 bits per heavy atom. The number of nitrogens with one attached hydrogen (secondary N) is 1. The quantitative estimate of drug-likeness (QED) is 0.752. The van der Waals surface area contributed by atoms with Crippen LogP contribution in [0.15, 0.2) is 24.3 Å². The molecule has 1 aromatic carbocycles. The average Bonchev–Trinajstić information content (AvgIpc) is 2.89. The fourth-order valence-electron chi connectivity index (χ4n) is 1.85. The van der Waals surface area contributed by atoms with Crippen molar-refractivity contribution in [1.29, 1.82) is 0 Å². The summed E-state index contributed by atoms with van der Waals surface area (Å²) in [7, 11) is 0. The first-order valence-corrected chi connectivity index (χ1v) is 5.41. The number of benzene rings is 1. The number of terminal acetylenes is 1. The molecule has 1 saturated carbocycles. The minimum absolute atomic E-state index is 0.0766. The van der Waals surface area contributed by atoms with Gasteiger partial charge in [-0.2, -0.15) is 0 Å². The van der Waals surface area contributed by atoms with E-state index >= 15 is 0 Å². The lowest BCUT2D eigenvalue weighted by molar-refractivity contribution is -0.118. The predicted octanol–water partition coefficient (Wildman–Crippen LogP) is 2.65. The minimum Gasteiger partial charge on any atom is -0.325 e. The van der Waals surface area contributed by atoms with Crippen LogP contribution in [0.25, 0.3) is 0 Å². The Kier molecular flexibility index (Phi) is 2.47. The first-order valence-electron chi connectivity index (χ1n) is 5.41. The highest BCUT2D eigenvalue weighted by atomic mass is 16.2. The van der Waals surface area contributed by atoms with Crippen LogP contribution in [0.1, 0.15) is 25.8 Å². The smallest absolute Gasteiger partial charge is 0.228 e. The maximum atomic E-state index is 11.9. The lowest BCUT2D eigenvalue weighted by atomic mass is 10.1. The van der Waals surface area contributed by atoms with Gasteiger partial charge in [-0.05, 0) is 24.0 Å². The molecule has 1 fully saturated rings. The van der Waals surface area contributed by atoms with Crippen LogP contribution in [0.4, 0.5) is 5.69 Å². The lowest BCUT2D eigenvalue weighted by Crippen LogP contribution is -2.17. The van der Waals surface area contributed by atoms with Crippen molar-refractivity contribution in [2.45, 2.75) is 20.3 Å². The summed E-state index contributed by atoms with van der Waals surface area (Å²) in [6.45, 7) is 4.20. The summed E-state index contributed by atoms with van der Waals surface area (Å²) in [6, 6.07) is 7.40. The monoisotopic (exact) mass is 213 g/mol. The van der Waals surface area contributed by atoms with E-state index in [1.165, 1.54) is 0 Å². The van der Waals surface area contributed by atoms with E-state index in [9.17, 15) is 4.79 Å². The molecule has 1 aliphatic rings. The summed E-state index contributed by atoms with van der Waals surface area (Å²) in [5.41, 5.74) is 1.61. The van der Waals surface area contributed by atoms with Crippen LogP contribution in [0, 0.1) is 23.7 Å². The molecule has 0 unspecified atom stereocenters. The van der Waals surface area contributed by atoms with Gasteiger partial charge in [-0.1, -0.05) is 31.9 Å². The molecule has 1 atom stereocenters. The van der Waals surface area contributed by atoms with Gasteiger partial charge in [0, 0.05) is 11.5 Å². The number of rotatable bonds is 2. The average molecular weight is 213 g/mol. The zero-order chi connectivity index (χ0) is 11.8. The summed E-state index contributed by atoms with van der Waals surface area (Å²) in [4.78, 5) is 11.9. The van der Waals surface area contributed by atoms with Crippen LogP contribution in [0.5, 0.6) is 0 Å². The van der Waals surface area contributed by atoms with Crippen LogP contribution in [0.2, 0.25) is 0 Å². The van der Waals surface area contributed by atoms with E-state index in [2.05, 4.69) is 25.1 Å². The summed E-state index contributed by atoms with van der Waals surface area (Å²) in [5, 5.41) is 2.90. The van der Waals surface area contributed by atoms with Gasteiger partial charge in [-0.25, -0.2) is 0 Å². The Morgan fingerprint density at radius 3 is 2.69 bits per heavy atom. The Bertz CT molecular complexity index is 468. The van der Waals surface area contributed by atoms with Crippen LogP contribution in [0.3, 0.4) is 0 Å². The molecule has 1 amide bonds. The zero-order valence-electron chi connectivity index (χ0n) is 9.58. The largest absolute Gasteiger partial charge is 0.325 e. The molecule has 0 bridgehead atoms. The maximum absolute atomic E-state index is 11.9. The molecule has 0 aromatic heterocycles. The molecule has 0 radical (unpaired) electrons. The SMILES string of the molecule is C#Cc1ccccc1NC(=O)[C@H]1CC1(C)C. The van der Waals surface area contributed by atoms with Gasteiger partial charge in [0.15, 0.2) is 0 Å². The highest BCUT2D eigenvalue weighted by Crippen LogP contribution is 2.52. The summed E-state index contributed by atoms with van der Waals surface area (Å²) in [6.07, 6.45) is 6.33. The second-order valence-corrected chi connectivity index (χ2v) is 4.92. The summed E-state index contributed by atoms with van der Waals surface area (Å²) >= 11 is 0. The summed E-state index contributed by atoms with van der Waals surface area (Å²) < 4.78 is 0. The van der Waals surface area contributed by atoms with Crippen LogP contribution < -0.4 is 5.32 Å². The Balaban J connectivity index is 2.11. The highest BCUT2D eigenvalue weighted by molar-refractivity contribution is 5.96. The normalized spacial score (nSPS) is 20.9. The molecule has 16 heavy (non-hydrogen) atoms. The fraction of sp³-hybridized carbons (Fsp3) is 0.357. The minimum atomic E-state index is 0.0766. The number of hydrogen-bond acceptors (Lipinski definition) is 1. The summed E-state index contributed by atoms with van der Waals surface area (Å²) in [5.74, 6) is 2.77. The molecule has 0 saturated heterocycles. The topological polar surface area (TPSA) is 29.1 Å². The molecule has 0 spiro atoms. The molecule has 2 nitrogen and oxygen atoms in total. The van der Waals surface area contributed by atoms with Crippen LogP contribution >= 0.6 is 0 Å². The third-order valence-electron chi connectivity index (χ3n) is 3.17. The van der Waals surface area contributed by atoms with E-state index in [1.54, 1.807) is 0 Å². The van der Waals surface area contributed by atoms with Crippen molar-refractivity contribution in [2.75, 3.05) is 5.32 Å². The number of carbonyl (C=O) groups excluding carboxylic acids is 1. The lowest BCUT2D eigenvalue weighted by Gasteiger charge is -2.08. The van der Waals surface area contributed by atoms with Crippen LogP contribution in [-0.2, 0) is 4.79 Å². The zero-order valence-corrected chi connectivity index (χ0v) is 9.58. The number of para-hydroxylation sites is 1. The maximum Gasteiger partial charge on any atom is 0.228 e. The third kappa shape index (κ3) is 1.94. The molecule has 1 N–H and O–H groups in total. The van der Waals surface area contributed by atoms with Gasteiger partial charge < -0.3 is 5.32 Å². The molecule has 1 aromatic rings. The van der Waals surface area contributed by atoms with E-state index in [1.807, 2.05) is 24.3 Å². The molecule has 2 rings (SSSR count). The number of amides is 1. The van der Waals surface area contributed by atoms with Crippen molar-refractivity contribution in [3.63, 3.8) is 0 Å². The predicted molar refractivity (Wildman–Crippen MR) is 64.9 cm³/mol. The van der Waals surface area contributed by atoms with E-state index in [0.29, 0.717) is 0 Å². The number of hydrogen-bond donors (Lipinski definition) is 1. The number of carbonyl (C=O) groups is 1. The fourth-order valence-corrected chi connectivity index (χ4v) is 1.85. The Hall–Kier alpha value is -1.75. The first kappa shape index (κ1) is 10.8. The van der Waals surface area contributed by atoms with E-state index < -0.39 is 0 Å². The molecular formula is C14H15NO. The molecular weight excluding hydrogens is 198 g/mol. The number of anilines is 1. The molecule has 2 heteroatoms.